The van der Waals surface area contributed by atoms with E-state index in [1.54, 1.807) is 4.90 Å². The number of hydrogen-bond acceptors (Lipinski definition) is 4. The molecule has 0 aromatic heterocycles. The Hall–Kier alpha value is -2.41. The van der Waals surface area contributed by atoms with Gasteiger partial charge in [0.2, 0.25) is 0 Å². The molecule has 0 N–H and O–H groups in total. The van der Waals surface area contributed by atoms with Crippen molar-refractivity contribution in [2.24, 2.45) is 0 Å². The number of carbonyl (C=O) groups is 3. The summed E-state index contributed by atoms with van der Waals surface area (Å²) in [7, 11) is 0. The van der Waals surface area contributed by atoms with Gasteiger partial charge in [0.15, 0.2) is 0 Å². The molecule has 2 aliphatic rings. The minimum absolute atomic E-state index is 0.0356. The van der Waals surface area contributed by atoms with Gasteiger partial charge in [-0.05, 0) is 19.1 Å². The number of piperazine rings is 1. The van der Waals surface area contributed by atoms with Crippen molar-refractivity contribution in [1.82, 2.24) is 14.7 Å². The minimum atomic E-state index is -0.482. The van der Waals surface area contributed by atoms with Crippen molar-refractivity contribution in [2.75, 3.05) is 52.5 Å². The summed E-state index contributed by atoms with van der Waals surface area (Å²) in [6, 6.07) is 7.45. The van der Waals surface area contributed by atoms with E-state index in [0.29, 0.717) is 58.0 Å². The molecule has 25 heavy (non-hydrogen) atoms. The zero-order chi connectivity index (χ0) is 17.8. The molecular weight excluding hydrogens is 322 g/mol. The summed E-state index contributed by atoms with van der Waals surface area (Å²) in [6.45, 7) is 5.47. The first-order valence-electron chi connectivity index (χ1n) is 8.58. The van der Waals surface area contributed by atoms with E-state index in [9.17, 15) is 14.4 Å². The lowest BCUT2D eigenvalue weighted by molar-refractivity contribution is -0.154. The largest absolute Gasteiger partial charge is 0.378 e. The number of aryl methyl sites for hydroxylation is 1. The van der Waals surface area contributed by atoms with Crippen molar-refractivity contribution >= 4 is 17.7 Å². The summed E-state index contributed by atoms with van der Waals surface area (Å²) < 4.78 is 5.20. The smallest absolute Gasteiger partial charge is 0.312 e. The third kappa shape index (κ3) is 3.99. The summed E-state index contributed by atoms with van der Waals surface area (Å²) in [4.78, 5) is 41.9. The number of hydrogen-bond donors (Lipinski definition) is 0. The summed E-state index contributed by atoms with van der Waals surface area (Å²) in [5, 5.41) is 0. The number of benzene rings is 1. The maximum atomic E-state index is 12.5. The van der Waals surface area contributed by atoms with Gasteiger partial charge in [-0.15, -0.1) is 0 Å². The van der Waals surface area contributed by atoms with Crippen LogP contribution in [0.3, 0.4) is 0 Å². The Morgan fingerprint density at radius 3 is 1.80 bits per heavy atom. The third-order valence-corrected chi connectivity index (χ3v) is 4.63. The lowest BCUT2D eigenvalue weighted by Gasteiger charge is -2.35. The average Bonchev–Trinajstić information content (AvgIpc) is 2.67. The van der Waals surface area contributed by atoms with Crippen LogP contribution in [0.5, 0.6) is 0 Å². The maximum absolute atomic E-state index is 12.5. The van der Waals surface area contributed by atoms with Gasteiger partial charge in [0.25, 0.3) is 5.91 Å². The van der Waals surface area contributed by atoms with Crippen LogP contribution in [0.2, 0.25) is 0 Å². The number of amides is 3. The molecule has 134 valence electrons. The fraction of sp³-hybridized carbons (Fsp3) is 0.500. The molecule has 3 amide bonds. The van der Waals surface area contributed by atoms with Crippen molar-refractivity contribution < 1.29 is 19.1 Å². The second kappa shape index (κ2) is 7.65. The second-order valence-corrected chi connectivity index (χ2v) is 6.36. The number of ether oxygens (including phenoxy) is 1. The summed E-state index contributed by atoms with van der Waals surface area (Å²) in [5.74, 6) is -0.988. The first-order valence-corrected chi connectivity index (χ1v) is 8.58. The third-order valence-electron chi connectivity index (χ3n) is 4.63. The molecule has 0 radical (unpaired) electrons. The van der Waals surface area contributed by atoms with Crippen LogP contribution in [-0.4, -0.2) is 84.9 Å². The van der Waals surface area contributed by atoms with E-state index in [-0.39, 0.29) is 5.91 Å². The van der Waals surface area contributed by atoms with Crippen LogP contribution in [0.1, 0.15) is 15.9 Å². The van der Waals surface area contributed by atoms with E-state index in [2.05, 4.69) is 0 Å². The molecule has 0 spiro atoms. The van der Waals surface area contributed by atoms with Gasteiger partial charge in [0, 0.05) is 44.8 Å². The summed E-state index contributed by atoms with van der Waals surface area (Å²) in [6.07, 6.45) is 0. The fourth-order valence-electron chi connectivity index (χ4n) is 3.03. The monoisotopic (exact) mass is 345 g/mol. The highest BCUT2D eigenvalue weighted by Crippen LogP contribution is 2.11. The zero-order valence-electron chi connectivity index (χ0n) is 14.4. The summed E-state index contributed by atoms with van der Waals surface area (Å²) >= 11 is 0. The van der Waals surface area contributed by atoms with Crippen molar-refractivity contribution in [1.29, 1.82) is 0 Å². The van der Waals surface area contributed by atoms with Crippen molar-refractivity contribution in [3.63, 3.8) is 0 Å². The Bertz CT molecular complexity index is 645. The van der Waals surface area contributed by atoms with E-state index >= 15 is 0 Å². The van der Waals surface area contributed by atoms with Gasteiger partial charge >= 0.3 is 11.8 Å². The first-order chi connectivity index (χ1) is 12.1. The standard InChI is InChI=1S/C18H23N3O4/c1-14-2-4-15(5-3-14)16(22)19-6-8-20(9-7-19)17(23)18(24)21-10-12-25-13-11-21/h2-5H,6-13H2,1H3. The molecule has 1 aromatic rings. The van der Waals surface area contributed by atoms with Gasteiger partial charge in [0.1, 0.15) is 0 Å². The molecule has 2 saturated heterocycles. The topological polar surface area (TPSA) is 70.2 Å². The molecule has 2 fully saturated rings. The molecule has 2 aliphatic heterocycles. The molecule has 1 aromatic carbocycles. The molecule has 7 nitrogen and oxygen atoms in total. The lowest BCUT2D eigenvalue weighted by Crippen LogP contribution is -2.55. The number of nitrogens with zero attached hydrogens (tertiary/aromatic N) is 3. The Labute approximate surface area is 147 Å². The fourth-order valence-corrected chi connectivity index (χ4v) is 3.03. The number of rotatable bonds is 1. The van der Waals surface area contributed by atoms with E-state index in [4.69, 9.17) is 4.74 Å². The predicted octanol–water partition coefficient (Wildman–Crippen LogP) is 0.138. The molecule has 3 rings (SSSR count). The highest BCUT2D eigenvalue weighted by Gasteiger charge is 2.31. The van der Waals surface area contributed by atoms with Crippen LogP contribution in [-0.2, 0) is 14.3 Å². The van der Waals surface area contributed by atoms with Gasteiger partial charge in [0.05, 0.1) is 13.2 Å². The Morgan fingerprint density at radius 1 is 0.760 bits per heavy atom. The molecule has 0 unspecified atom stereocenters. The Balaban J connectivity index is 1.54. The van der Waals surface area contributed by atoms with E-state index < -0.39 is 11.8 Å². The van der Waals surface area contributed by atoms with Gasteiger partial charge in [-0.2, -0.15) is 0 Å². The number of morpholine rings is 1. The minimum Gasteiger partial charge on any atom is -0.378 e. The van der Waals surface area contributed by atoms with Gasteiger partial charge in [-0.1, -0.05) is 17.7 Å². The normalized spacial score (nSPS) is 18.2. The van der Waals surface area contributed by atoms with Crippen LogP contribution in [0.15, 0.2) is 24.3 Å². The summed E-state index contributed by atoms with van der Waals surface area (Å²) in [5.41, 5.74) is 1.75. The Kier molecular flexibility index (Phi) is 5.33. The first kappa shape index (κ1) is 17.4. The van der Waals surface area contributed by atoms with Crippen molar-refractivity contribution in [3.05, 3.63) is 35.4 Å². The molecule has 7 heteroatoms. The zero-order valence-corrected chi connectivity index (χ0v) is 14.4. The molecule has 0 aliphatic carbocycles. The predicted molar refractivity (Wildman–Crippen MR) is 91.1 cm³/mol. The Morgan fingerprint density at radius 2 is 1.24 bits per heavy atom. The SMILES string of the molecule is Cc1ccc(C(=O)N2CCN(C(=O)C(=O)N3CCOCC3)CC2)cc1. The highest BCUT2D eigenvalue weighted by molar-refractivity contribution is 6.34. The molecular formula is C18H23N3O4. The highest BCUT2D eigenvalue weighted by atomic mass is 16.5. The van der Waals surface area contributed by atoms with Crippen LogP contribution < -0.4 is 0 Å². The van der Waals surface area contributed by atoms with Gasteiger partial charge < -0.3 is 19.4 Å². The maximum Gasteiger partial charge on any atom is 0.312 e. The molecule has 0 saturated carbocycles. The molecule has 0 bridgehead atoms. The van der Waals surface area contributed by atoms with E-state index in [0.717, 1.165) is 5.56 Å². The van der Waals surface area contributed by atoms with E-state index in [1.807, 2.05) is 31.2 Å². The van der Waals surface area contributed by atoms with Crippen LogP contribution in [0.4, 0.5) is 0 Å². The van der Waals surface area contributed by atoms with Gasteiger partial charge in [-0.3, -0.25) is 14.4 Å². The molecule has 2 heterocycles. The number of carbonyl (C=O) groups excluding carboxylic acids is 3. The quantitative estimate of drug-likeness (QED) is 0.679. The van der Waals surface area contributed by atoms with Crippen LogP contribution >= 0.6 is 0 Å². The van der Waals surface area contributed by atoms with Crippen molar-refractivity contribution in [3.8, 4) is 0 Å². The van der Waals surface area contributed by atoms with Gasteiger partial charge in [-0.25, -0.2) is 0 Å². The second-order valence-electron chi connectivity index (χ2n) is 6.36. The average molecular weight is 345 g/mol. The van der Waals surface area contributed by atoms with Crippen molar-refractivity contribution in [2.45, 2.75) is 6.92 Å². The lowest BCUT2D eigenvalue weighted by atomic mass is 10.1. The van der Waals surface area contributed by atoms with Crippen LogP contribution in [0, 0.1) is 6.92 Å². The van der Waals surface area contributed by atoms with E-state index in [1.165, 1.54) is 9.80 Å². The van der Waals surface area contributed by atoms with Crippen LogP contribution in [0.25, 0.3) is 0 Å². The molecule has 0 atom stereocenters.